The zero-order valence-corrected chi connectivity index (χ0v) is 23.2. The lowest BCUT2D eigenvalue weighted by Gasteiger charge is -2.14. The number of hydrogen-bond donors (Lipinski definition) is 4. The van der Waals surface area contributed by atoms with E-state index in [4.69, 9.17) is 4.98 Å². The van der Waals surface area contributed by atoms with Gasteiger partial charge < -0.3 is 15.4 Å². The second-order valence-corrected chi connectivity index (χ2v) is 10.9. The molecular formula is C31H24N8O2S. The Kier molecular flexibility index (Phi) is 6.49. The minimum absolute atomic E-state index is 0.0207. The number of nitrogens with one attached hydrogen (secondary N) is 3. The van der Waals surface area contributed by atoms with Crippen molar-refractivity contribution in [1.29, 1.82) is 0 Å². The Labute approximate surface area is 243 Å². The molecule has 1 aromatic carbocycles. The molecule has 10 nitrogen and oxygen atoms in total. The number of Topliss-reactive ketones (excluding diaryl/α,β-unsaturated/α-hetero) is 1. The summed E-state index contributed by atoms with van der Waals surface area (Å²) < 4.78 is 0. The van der Waals surface area contributed by atoms with Crippen LogP contribution in [-0.2, 0) is 6.42 Å². The molecule has 6 aromatic heterocycles. The lowest BCUT2D eigenvalue weighted by Crippen LogP contribution is -2.21. The summed E-state index contributed by atoms with van der Waals surface area (Å²) in [5.41, 5.74) is 6.87. The Morgan fingerprint density at radius 3 is 2.69 bits per heavy atom. The third kappa shape index (κ3) is 4.91. The minimum Gasteiger partial charge on any atom is -0.373 e. The number of anilines is 1. The van der Waals surface area contributed by atoms with Crippen LogP contribution < -0.4 is 5.32 Å². The van der Waals surface area contributed by atoms with Crippen molar-refractivity contribution in [3.8, 4) is 33.2 Å². The molecule has 1 atom stereocenters. The number of aromatic nitrogens is 7. The van der Waals surface area contributed by atoms with Gasteiger partial charge >= 0.3 is 0 Å². The number of fused-ring (bicyclic) bond motifs is 2. The van der Waals surface area contributed by atoms with Crippen LogP contribution in [0.5, 0.6) is 0 Å². The number of ketones is 1. The van der Waals surface area contributed by atoms with Gasteiger partial charge in [-0.1, -0.05) is 30.3 Å². The summed E-state index contributed by atoms with van der Waals surface area (Å²) in [6, 6.07) is 19.3. The number of aliphatic hydroxyl groups excluding tert-OH is 1. The monoisotopic (exact) mass is 572 g/mol. The zero-order valence-electron chi connectivity index (χ0n) is 22.4. The van der Waals surface area contributed by atoms with E-state index in [1.165, 1.54) is 11.3 Å². The van der Waals surface area contributed by atoms with Crippen LogP contribution in [-0.4, -0.2) is 52.2 Å². The number of pyridine rings is 3. The summed E-state index contributed by atoms with van der Waals surface area (Å²) in [4.78, 5) is 35.1. The number of benzene rings is 1. The van der Waals surface area contributed by atoms with Gasteiger partial charge in [-0.3, -0.25) is 19.9 Å². The van der Waals surface area contributed by atoms with Gasteiger partial charge in [0.1, 0.15) is 23.1 Å². The summed E-state index contributed by atoms with van der Waals surface area (Å²) in [5.74, 6) is 0.595. The van der Waals surface area contributed by atoms with E-state index in [1.54, 1.807) is 31.7 Å². The van der Waals surface area contributed by atoms with Gasteiger partial charge in [0.05, 0.1) is 32.5 Å². The van der Waals surface area contributed by atoms with Crippen molar-refractivity contribution in [3.63, 3.8) is 0 Å². The molecule has 42 heavy (non-hydrogen) atoms. The number of thiophene rings is 1. The average Bonchev–Trinajstić information content (AvgIpc) is 3.75. The molecule has 7 aromatic rings. The Morgan fingerprint density at radius 2 is 1.86 bits per heavy atom. The first-order chi connectivity index (χ1) is 20.5. The van der Waals surface area contributed by atoms with Gasteiger partial charge in [-0.05, 0) is 42.8 Å². The molecule has 0 aliphatic rings. The maximum atomic E-state index is 11.8. The standard InChI is InChI=1S/C31H24N8O2S/c1-17(40)24-7-8-25(42-24)29-28-23(9-10-33-29)36-31(37-28)27-22-13-20(15-34-30(22)39-38-27)19-12-21(16-32-14-19)35-26(41)11-18-5-3-2-4-6-18/h2-10,12-16,26,35,41H,11H2,1H3,(H,36,37)(H,34,38,39). The van der Waals surface area contributed by atoms with Gasteiger partial charge in [0, 0.05) is 36.1 Å². The fourth-order valence-electron chi connectivity index (χ4n) is 4.88. The van der Waals surface area contributed by atoms with E-state index < -0.39 is 6.23 Å². The Hall–Kier alpha value is -5.26. The summed E-state index contributed by atoms with van der Waals surface area (Å²) in [7, 11) is 0. The fourth-order valence-corrected chi connectivity index (χ4v) is 5.78. The molecule has 206 valence electrons. The maximum Gasteiger partial charge on any atom is 0.169 e. The molecule has 0 bridgehead atoms. The number of aromatic amines is 2. The summed E-state index contributed by atoms with van der Waals surface area (Å²) in [6.07, 6.45) is 6.62. The van der Waals surface area contributed by atoms with E-state index in [0.29, 0.717) is 45.4 Å². The second-order valence-electron chi connectivity index (χ2n) is 9.87. The number of aliphatic hydroxyl groups is 1. The highest BCUT2D eigenvalue weighted by Gasteiger charge is 2.18. The van der Waals surface area contributed by atoms with Crippen molar-refractivity contribution in [2.75, 3.05) is 5.32 Å². The number of nitrogens with zero attached hydrogens (tertiary/aromatic N) is 5. The highest BCUT2D eigenvalue weighted by Crippen LogP contribution is 2.34. The molecule has 6 heterocycles. The number of rotatable bonds is 8. The average molecular weight is 573 g/mol. The van der Waals surface area contributed by atoms with Crippen LogP contribution >= 0.6 is 11.3 Å². The number of carbonyl (C=O) groups is 1. The molecule has 4 N–H and O–H groups in total. The quantitative estimate of drug-likeness (QED) is 0.131. The number of imidazole rings is 1. The van der Waals surface area contributed by atoms with Gasteiger partial charge in [0.25, 0.3) is 0 Å². The Morgan fingerprint density at radius 1 is 1.00 bits per heavy atom. The van der Waals surface area contributed by atoms with E-state index >= 15 is 0 Å². The molecule has 11 heteroatoms. The Balaban J connectivity index is 1.20. The summed E-state index contributed by atoms with van der Waals surface area (Å²) in [6.45, 7) is 1.56. The number of carbonyl (C=O) groups excluding carboxylic acids is 1. The Bertz CT molecular complexity index is 2060. The predicted octanol–water partition coefficient (Wildman–Crippen LogP) is 5.86. The smallest absolute Gasteiger partial charge is 0.169 e. The molecular weight excluding hydrogens is 548 g/mol. The lowest BCUT2D eigenvalue weighted by molar-refractivity contribution is 0.102. The summed E-state index contributed by atoms with van der Waals surface area (Å²) >= 11 is 1.40. The SMILES string of the molecule is CC(=O)c1ccc(-c2nccc3[nH]c(-c4n[nH]c5ncc(-c6cncc(NC(O)Cc7ccccc7)c6)cc45)nc23)s1. The molecule has 0 radical (unpaired) electrons. The molecule has 0 aliphatic heterocycles. The maximum absolute atomic E-state index is 11.8. The van der Waals surface area contributed by atoms with Crippen molar-refractivity contribution in [1.82, 2.24) is 35.1 Å². The van der Waals surface area contributed by atoms with Gasteiger partial charge in [0.2, 0.25) is 0 Å². The normalized spacial score (nSPS) is 12.1. The van der Waals surface area contributed by atoms with Crippen LogP contribution in [0.1, 0.15) is 22.2 Å². The van der Waals surface area contributed by atoms with Crippen LogP contribution in [0.25, 0.3) is 55.3 Å². The van der Waals surface area contributed by atoms with Crippen LogP contribution in [0.4, 0.5) is 5.69 Å². The lowest BCUT2D eigenvalue weighted by atomic mass is 10.1. The van der Waals surface area contributed by atoms with Crippen LogP contribution in [0.2, 0.25) is 0 Å². The first kappa shape index (κ1) is 25.7. The van der Waals surface area contributed by atoms with Crippen molar-refractivity contribution < 1.29 is 9.90 Å². The van der Waals surface area contributed by atoms with E-state index in [1.807, 2.05) is 60.7 Å². The van der Waals surface area contributed by atoms with Crippen molar-refractivity contribution >= 4 is 44.9 Å². The number of H-pyrrole nitrogens is 2. The van der Waals surface area contributed by atoms with Gasteiger partial charge in [-0.25, -0.2) is 9.97 Å². The van der Waals surface area contributed by atoms with E-state index in [2.05, 4.69) is 35.5 Å². The van der Waals surface area contributed by atoms with Crippen LogP contribution in [0, 0.1) is 0 Å². The first-order valence-corrected chi connectivity index (χ1v) is 14.1. The highest BCUT2D eigenvalue weighted by molar-refractivity contribution is 7.17. The van der Waals surface area contributed by atoms with Crippen molar-refractivity contribution in [2.45, 2.75) is 19.6 Å². The van der Waals surface area contributed by atoms with Crippen LogP contribution in [0.3, 0.4) is 0 Å². The summed E-state index contributed by atoms with van der Waals surface area (Å²) in [5, 5.41) is 22.0. The molecule has 7 rings (SSSR count). The van der Waals surface area contributed by atoms with E-state index in [9.17, 15) is 9.90 Å². The molecule has 0 saturated carbocycles. The molecule has 1 unspecified atom stereocenters. The molecule has 0 saturated heterocycles. The van der Waals surface area contributed by atoms with Gasteiger partial charge in [-0.15, -0.1) is 11.3 Å². The highest BCUT2D eigenvalue weighted by atomic mass is 32.1. The van der Waals surface area contributed by atoms with Gasteiger partial charge in [-0.2, -0.15) is 5.10 Å². The topological polar surface area (TPSA) is 145 Å². The number of hydrogen-bond acceptors (Lipinski definition) is 9. The third-order valence-electron chi connectivity index (χ3n) is 6.90. The van der Waals surface area contributed by atoms with E-state index in [0.717, 1.165) is 32.5 Å². The van der Waals surface area contributed by atoms with E-state index in [-0.39, 0.29) is 5.78 Å². The third-order valence-corrected chi connectivity index (χ3v) is 8.10. The minimum atomic E-state index is -0.763. The van der Waals surface area contributed by atoms with Crippen LogP contribution in [0.15, 0.2) is 85.5 Å². The zero-order chi connectivity index (χ0) is 28.6. The van der Waals surface area contributed by atoms with Crippen molar-refractivity contribution in [2.24, 2.45) is 0 Å². The van der Waals surface area contributed by atoms with Gasteiger partial charge in [0.15, 0.2) is 17.3 Å². The largest absolute Gasteiger partial charge is 0.373 e. The molecule has 0 aliphatic carbocycles. The first-order valence-electron chi connectivity index (χ1n) is 13.3. The second kappa shape index (κ2) is 10.6. The predicted molar refractivity (Wildman–Crippen MR) is 163 cm³/mol. The molecule has 0 amide bonds. The fraction of sp³-hybridized carbons (Fsp3) is 0.0968. The van der Waals surface area contributed by atoms with Crippen molar-refractivity contribution in [3.05, 3.63) is 95.9 Å². The molecule has 0 spiro atoms. The molecule has 0 fully saturated rings.